The van der Waals surface area contributed by atoms with Gasteiger partial charge in [-0.1, -0.05) is 44.0 Å². The Morgan fingerprint density at radius 3 is 2.75 bits per heavy atom. The first-order chi connectivity index (χ1) is 3.91. The first-order valence-corrected chi connectivity index (χ1v) is 4.17. The molecular weight excluding hydrogens is 232 g/mol. The Labute approximate surface area is 66.2 Å². The molecule has 0 amide bonds. The van der Waals surface area contributed by atoms with Gasteiger partial charge in [0.15, 0.2) is 0 Å². The van der Waals surface area contributed by atoms with Crippen LogP contribution in [0.2, 0.25) is 0 Å². The van der Waals surface area contributed by atoms with E-state index >= 15 is 0 Å². The second-order valence-corrected chi connectivity index (χ2v) is 2.13. The van der Waals surface area contributed by atoms with Gasteiger partial charge in [0.2, 0.25) is 0 Å². The molecule has 0 nitrogen and oxygen atoms in total. The third-order valence-electron chi connectivity index (χ3n) is 0.481. The van der Waals surface area contributed by atoms with Crippen molar-refractivity contribution in [1.29, 1.82) is 0 Å². The van der Waals surface area contributed by atoms with E-state index in [2.05, 4.69) is 37.6 Å². The van der Waals surface area contributed by atoms with Gasteiger partial charge in [-0.05, 0) is 6.08 Å². The maximum atomic E-state index is 3.24. The Morgan fingerprint density at radius 1 is 1.50 bits per heavy atom. The van der Waals surface area contributed by atoms with Crippen LogP contribution in [-0.2, 0) is 0 Å². The van der Waals surface area contributed by atoms with Gasteiger partial charge in [0.1, 0.15) is 0 Å². The summed E-state index contributed by atoms with van der Waals surface area (Å²) in [7, 11) is 0. The van der Waals surface area contributed by atoms with Gasteiger partial charge in [0.25, 0.3) is 0 Å². The highest BCUT2D eigenvalue weighted by Crippen LogP contribution is 1.83. The Morgan fingerprint density at radius 2 is 2.25 bits per heavy atom. The molecule has 0 spiro atoms. The third kappa shape index (κ3) is 6.22. The maximum absolute atomic E-state index is 3.24. The first kappa shape index (κ1) is 8.22. The molecular formula is C6H6Br2. The van der Waals surface area contributed by atoms with Crippen molar-refractivity contribution in [1.82, 2.24) is 0 Å². The lowest BCUT2D eigenvalue weighted by Crippen LogP contribution is -1.52. The van der Waals surface area contributed by atoms with Crippen LogP contribution in [0.25, 0.3) is 0 Å². The van der Waals surface area contributed by atoms with E-state index in [9.17, 15) is 0 Å². The van der Waals surface area contributed by atoms with E-state index in [0.29, 0.717) is 0 Å². The molecule has 0 aromatic heterocycles. The number of rotatable bonds is 2. The molecule has 0 atom stereocenters. The topological polar surface area (TPSA) is 0 Å². The third-order valence-corrected chi connectivity index (χ3v) is 1.12. The van der Waals surface area contributed by atoms with Crippen LogP contribution in [0.4, 0.5) is 0 Å². The molecule has 0 fully saturated rings. The first-order valence-electron chi connectivity index (χ1n) is 2.14. The molecule has 44 valence electrons. The van der Waals surface area contributed by atoms with E-state index in [1.807, 2.05) is 18.2 Å². The summed E-state index contributed by atoms with van der Waals surface area (Å²) < 4.78 is 0. The van der Waals surface area contributed by atoms with E-state index in [4.69, 9.17) is 0 Å². The highest BCUT2D eigenvalue weighted by atomic mass is 79.9. The fourth-order valence-electron chi connectivity index (χ4n) is 0.211. The Bertz CT molecular complexity index is 118. The Hall–Kier alpha value is 0.220. The summed E-state index contributed by atoms with van der Waals surface area (Å²) in [6.45, 7) is 0. The second kappa shape index (κ2) is 7.22. The fourth-order valence-corrected chi connectivity index (χ4v) is 0.580. The molecule has 0 bridgehead atoms. The molecule has 0 aliphatic rings. The number of hydrogen-bond donors (Lipinski definition) is 0. The lowest BCUT2D eigenvalue weighted by Gasteiger charge is -1.67. The zero-order valence-corrected chi connectivity index (χ0v) is 7.44. The van der Waals surface area contributed by atoms with Gasteiger partial charge in [-0.15, -0.1) is 5.73 Å². The molecule has 0 heterocycles. The molecule has 0 saturated heterocycles. The molecule has 0 aliphatic heterocycles. The van der Waals surface area contributed by atoms with Gasteiger partial charge in [-0.2, -0.15) is 0 Å². The molecule has 8 heavy (non-hydrogen) atoms. The minimum atomic E-state index is 0.896. The standard InChI is InChI=1S/C6H6Br2/c7-5-3-1-2-4-6-8/h1-3,6H,5H2. The van der Waals surface area contributed by atoms with Crippen LogP contribution in [0.15, 0.2) is 28.9 Å². The smallest absolute Gasteiger partial charge is 0.0231 e. The zero-order chi connectivity index (χ0) is 6.24. The Balaban J connectivity index is 3.42. The van der Waals surface area contributed by atoms with E-state index in [-0.39, 0.29) is 0 Å². The maximum Gasteiger partial charge on any atom is 0.0231 e. The van der Waals surface area contributed by atoms with Crippen LogP contribution in [-0.4, -0.2) is 5.33 Å². The predicted octanol–water partition coefficient (Wildman–Crippen LogP) is 3.00. The average Bonchev–Trinajstić information content (AvgIpc) is 1.81. The lowest BCUT2D eigenvalue weighted by molar-refractivity contribution is 1.79. The van der Waals surface area contributed by atoms with Crippen LogP contribution < -0.4 is 0 Å². The predicted molar refractivity (Wildman–Crippen MR) is 44.5 cm³/mol. The zero-order valence-electron chi connectivity index (χ0n) is 4.27. The normalized spacial score (nSPS) is 8.75. The molecule has 0 unspecified atom stereocenters. The van der Waals surface area contributed by atoms with E-state index in [0.717, 1.165) is 5.33 Å². The van der Waals surface area contributed by atoms with Crippen molar-refractivity contribution in [2.75, 3.05) is 5.33 Å². The van der Waals surface area contributed by atoms with E-state index < -0.39 is 0 Å². The molecule has 0 aromatic rings. The van der Waals surface area contributed by atoms with Gasteiger partial charge in [0, 0.05) is 10.3 Å². The van der Waals surface area contributed by atoms with Crippen molar-refractivity contribution in [3.8, 4) is 0 Å². The van der Waals surface area contributed by atoms with Crippen molar-refractivity contribution in [3.05, 3.63) is 28.9 Å². The summed E-state index contributed by atoms with van der Waals surface area (Å²) in [5.41, 5.74) is 2.84. The minimum absolute atomic E-state index is 0.896. The van der Waals surface area contributed by atoms with Crippen LogP contribution in [0.5, 0.6) is 0 Å². The molecule has 0 saturated carbocycles. The average molecular weight is 238 g/mol. The molecule has 2 heteroatoms. The van der Waals surface area contributed by atoms with Crippen LogP contribution >= 0.6 is 31.9 Å². The quantitative estimate of drug-likeness (QED) is 0.394. The second-order valence-electron chi connectivity index (χ2n) is 1.02. The van der Waals surface area contributed by atoms with Gasteiger partial charge in [0.05, 0.1) is 0 Å². The highest BCUT2D eigenvalue weighted by molar-refractivity contribution is 9.11. The summed E-state index contributed by atoms with van der Waals surface area (Å²) >= 11 is 6.33. The molecule has 0 rings (SSSR count). The Kier molecular flexibility index (Phi) is 7.42. The van der Waals surface area contributed by atoms with Crippen LogP contribution in [0.1, 0.15) is 0 Å². The number of allylic oxidation sites excluding steroid dienone is 3. The molecule has 0 radical (unpaired) electrons. The summed E-state index contributed by atoms with van der Waals surface area (Å²) in [5, 5.41) is 0.896. The summed E-state index contributed by atoms with van der Waals surface area (Å²) in [6.07, 6.45) is 5.74. The van der Waals surface area contributed by atoms with Crippen LogP contribution in [0.3, 0.4) is 0 Å². The SMILES string of the molecule is BrC=C=CC=CCBr. The monoisotopic (exact) mass is 236 g/mol. The van der Waals surface area contributed by atoms with Gasteiger partial charge < -0.3 is 0 Å². The highest BCUT2D eigenvalue weighted by Gasteiger charge is 1.59. The summed E-state index contributed by atoms with van der Waals surface area (Å²) in [5.74, 6) is 0. The number of hydrogen-bond acceptors (Lipinski definition) is 0. The molecule has 0 N–H and O–H groups in total. The van der Waals surface area contributed by atoms with Crippen molar-refractivity contribution < 1.29 is 0 Å². The fraction of sp³-hybridized carbons (Fsp3) is 0.167. The van der Waals surface area contributed by atoms with E-state index in [1.54, 1.807) is 4.99 Å². The summed E-state index contributed by atoms with van der Waals surface area (Å²) in [6, 6.07) is 0. The minimum Gasteiger partial charge on any atom is -0.113 e. The van der Waals surface area contributed by atoms with E-state index in [1.165, 1.54) is 0 Å². The van der Waals surface area contributed by atoms with Crippen molar-refractivity contribution in [3.63, 3.8) is 0 Å². The lowest BCUT2D eigenvalue weighted by atomic mass is 10.5. The van der Waals surface area contributed by atoms with Gasteiger partial charge >= 0.3 is 0 Å². The van der Waals surface area contributed by atoms with Crippen molar-refractivity contribution >= 4 is 31.9 Å². The van der Waals surface area contributed by atoms with Crippen LogP contribution in [0, 0.1) is 0 Å². The van der Waals surface area contributed by atoms with Crippen molar-refractivity contribution in [2.45, 2.75) is 0 Å². The van der Waals surface area contributed by atoms with Crippen molar-refractivity contribution in [2.24, 2.45) is 0 Å². The largest absolute Gasteiger partial charge is 0.113 e. The van der Waals surface area contributed by atoms with Gasteiger partial charge in [-0.25, -0.2) is 0 Å². The molecule has 0 aromatic carbocycles. The summed E-state index contributed by atoms with van der Waals surface area (Å²) in [4.78, 5) is 1.69. The number of alkyl halides is 1. The van der Waals surface area contributed by atoms with Gasteiger partial charge in [-0.3, -0.25) is 0 Å². The number of halogens is 2. The molecule has 0 aliphatic carbocycles.